The van der Waals surface area contributed by atoms with Crippen LogP contribution in [-0.2, 0) is 17.4 Å². The molecule has 0 saturated carbocycles. The standard InChI is InChI=1S/C14H18F3NO2/c1-9(2)12(19)8-18-13(20)7-10-5-3-4-6-11(10)14(15,16)17/h3-6,9,12,19H,7-8H2,1-2H3,(H,18,20). The van der Waals surface area contributed by atoms with Crippen LogP contribution in [-0.4, -0.2) is 23.7 Å². The molecule has 0 radical (unpaired) electrons. The summed E-state index contributed by atoms with van der Waals surface area (Å²) in [5.41, 5.74) is -0.879. The van der Waals surface area contributed by atoms with Crippen molar-refractivity contribution in [2.75, 3.05) is 6.54 Å². The van der Waals surface area contributed by atoms with E-state index in [9.17, 15) is 23.1 Å². The summed E-state index contributed by atoms with van der Waals surface area (Å²) in [4.78, 5) is 11.6. The molecular formula is C14H18F3NO2. The Morgan fingerprint density at radius 3 is 2.45 bits per heavy atom. The molecule has 6 heteroatoms. The molecular weight excluding hydrogens is 271 g/mol. The van der Waals surface area contributed by atoms with Gasteiger partial charge in [-0.1, -0.05) is 32.0 Å². The number of carbonyl (C=O) groups excluding carboxylic acids is 1. The number of hydrogen-bond acceptors (Lipinski definition) is 2. The molecule has 3 nitrogen and oxygen atoms in total. The van der Waals surface area contributed by atoms with Crippen LogP contribution in [0.25, 0.3) is 0 Å². The van der Waals surface area contributed by atoms with Crippen LogP contribution in [0.2, 0.25) is 0 Å². The van der Waals surface area contributed by atoms with Crippen molar-refractivity contribution >= 4 is 5.91 Å². The van der Waals surface area contributed by atoms with Crippen molar-refractivity contribution in [1.29, 1.82) is 0 Å². The summed E-state index contributed by atoms with van der Waals surface area (Å²) < 4.78 is 38.2. The number of carbonyl (C=O) groups is 1. The maximum Gasteiger partial charge on any atom is 0.416 e. The van der Waals surface area contributed by atoms with E-state index < -0.39 is 23.8 Å². The van der Waals surface area contributed by atoms with Crippen molar-refractivity contribution in [3.63, 3.8) is 0 Å². The zero-order valence-corrected chi connectivity index (χ0v) is 11.4. The van der Waals surface area contributed by atoms with Crippen LogP contribution in [0.5, 0.6) is 0 Å². The van der Waals surface area contributed by atoms with Gasteiger partial charge in [-0.15, -0.1) is 0 Å². The van der Waals surface area contributed by atoms with Crippen LogP contribution >= 0.6 is 0 Å². The van der Waals surface area contributed by atoms with E-state index in [2.05, 4.69) is 5.32 Å². The quantitative estimate of drug-likeness (QED) is 0.874. The van der Waals surface area contributed by atoms with Gasteiger partial charge in [0.25, 0.3) is 0 Å². The minimum absolute atomic E-state index is 0.0299. The van der Waals surface area contributed by atoms with Gasteiger partial charge in [0.2, 0.25) is 5.91 Å². The zero-order valence-electron chi connectivity index (χ0n) is 11.4. The first-order chi connectivity index (χ1) is 9.21. The summed E-state index contributed by atoms with van der Waals surface area (Å²) >= 11 is 0. The molecule has 1 rings (SSSR count). The molecule has 1 amide bonds. The van der Waals surface area contributed by atoms with Crippen molar-refractivity contribution < 1.29 is 23.1 Å². The Kier molecular flexibility index (Phi) is 5.56. The molecule has 1 aromatic carbocycles. The lowest BCUT2D eigenvalue weighted by atomic mass is 10.0. The number of rotatable bonds is 5. The average Bonchev–Trinajstić information content (AvgIpc) is 2.35. The first kappa shape index (κ1) is 16.5. The summed E-state index contributed by atoms with van der Waals surface area (Å²) in [6.45, 7) is 3.61. The third kappa shape index (κ3) is 4.85. The molecule has 0 bridgehead atoms. The van der Waals surface area contributed by atoms with E-state index in [0.29, 0.717) is 0 Å². The molecule has 1 atom stereocenters. The molecule has 2 N–H and O–H groups in total. The Morgan fingerprint density at radius 1 is 1.30 bits per heavy atom. The SMILES string of the molecule is CC(C)C(O)CNC(=O)Cc1ccccc1C(F)(F)F. The number of amides is 1. The summed E-state index contributed by atoms with van der Waals surface area (Å²) in [7, 11) is 0. The minimum Gasteiger partial charge on any atom is -0.391 e. The lowest BCUT2D eigenvalue weighted by Gasteiger charge is -2.16. The molecule has 0 fully saturated rings. The van der Waals surface area contributed by atoms with Crippen LogP contribution in [0.4, 0.5) is 13.2 Å². The maximum atomic E-state index is 12.7. The van der Waals surface area contributed by atoms with Gasteiger partial charge in [0.1, 0.15) is 0 Å². The van der Waals surface area contributed by atoms with Crippen molar-refractivity contribution in [3.05, 3.63) is 35.4 Å². The molecule has 0 saturated heterocycles. The number of aliphatic hydroxyl groups is 1. The summed E-state index contributed by atoms with van der Waals surface area (Å²) in [6.07, 6.45) is -5.55. The fourth-order valence-corrected chi connectivity index (χ4v) is 1.64. The topological polar surface area (TPSA) is 49.3 Å². The Hall–Kier alpha value is -1.56. The lowest BCUT2D eigenvalue weighted by Crippen LogP contribution is -2.35. The number of hydrogen-bond donors (Lipinski definition) is 2. The monoisotopic (exact) mass is 289 g/mol. The van der Waals surface area contributed by atoms with Crippen LogP contribution in [0.1, 0.15) is 25.0 Å². The van der Waals surface area contributed by atoms with E-state index in [1.165, 1.54) is 18.2 Å². The van der Waals surface area contributed by atoms with Crippen LogP contribution in [0, 0.1) is 5.92 Å². The molecule has 1 aromatic rings. The van der Waals surface area contributed by atoms with Gasteiger partial charge in [-0.3, -0.25) is 4.79 Å². The molecule has 112 valence electrons. The Bertz CT molecular complexity index is 458. The Balaban J connectivity index is 2.67. The van der Waals surface area contributed by atoms with E-state index in [0.717, 1.165) is 6.07 Å². The van der Waals surface area contributed by atoms with Gasteiger partial charge in [0.15, 0.2) is 0 Å². The second-order valence-electron chi connectivity index (χ2n) is 4.95. The second-order valence-corrected chi connectivity index (χ2v) is 4.95. The van der Waals surface area contributed by atoms with E-state index in [1.807, 2.05) is 0 Å². The summed E-state index contributed by atoms with van der Waals surface area (Å²) in [6, 6.07) is 4.97. The fraction of sp³-hybridized carbons (Fsp3) is 0.500. The number of benzene rings is 1. The van der Waals surface area contributed by atoms with Crippen LogP contribution in [0.15, 0.2) is 24.3 Å². The molecule has 0 aliphatic heterocycles. The number of halogens is 3. The third-order valence-electron chi connectivity index (χ3n) is 2.95. The zero-order chi connectivity index (χ0) is 15.3. The summed E-state index contributed by atoms with van der Waals surface area (Å²) in [5, 5.41) is 12.0. The van der Waals surface area contributed by atoms with E-state index >= 15 is 0 Å². The molecule has 20 heavy (non-hydrogen) atoms. The number of aliphatic hydroxyl groups excluding tert-OH is 1. The van der Waals surface area contributed by atoms with Gasteiger partial charge in [0.05, 0.1) is 18.1 Å². The minimum atomic E-state index is -4.48. The van der Waals surface area contributed by atoms with Gasteiger partial charge in [0, 0.05) is 6.54 Å². The number of nitrogens with one attached hydrogen (secondary N) is 1. The van der Waals surface area contributed by atoms with Crippen molar-refractivity contribution in [3.8, 4) is 0 Å². The second kappa shape index (κ2) is 6.74. The van der Waals surface area contributed by atoms with E-state index in [4.69, 9.17) is 0 Å². The predicted octanol–water partition coefficient (Wildman–Crippen LogP) is 2.38. The lowest BCUT2D eigenvalue weighted by molar-refractivity contribution is -0.138. The molecule has 0 aliphatic rings. The van der Waals surface area contributed by atoms with Gasteiger partial charge < -0.3 is 10.4 Å². The van der Waals surface area contributed by atoms with Crippen LogP contribution in [0.3, 0.4) is 0 Å². The van der Waals surface area contributed by atoms with Crippen molar-refractivity contribution in [2.24, 2.45) is 5.92 Å². The molecule has 0 aromatic heterocycles. The van der Waals surface area contributed by atoms with Gasteiger partial charge in [-0.05, 0) is 17.5 Å². The average molecular weight is 289 g/mol. The molecule has 0 spiro atoms. The van der Waals surface area contributed by atoms with Crippen LogP contribution < -0.4 is 5.32 Å². The highest BCUT2D eigenvalue weighted by molar-refractivity contribution is 5.79. The molecule has 0 heterocycles. The Morgan fingerprint density at radius 2 is 1.90 bits per heavy atom. The normalized spacial score (nSPS) is 13.3. The highest BCUT2D eigenvalue weighted by atomic mass is 19.4. The smallest absolute Gasteiger partial charge is 0.391 e. The first-order valence-electron chi connectivity index (χ1n) is 6.31. The molecule has 1 unspecified atom stereocenters. The molecule has 0 aliphatic carbocycles. The predicted molar refractivity (Wildman–Crippen MR) is 69.0 cm³/mol. The summed E-state index contributed by atoms with van der Waals surface area (Å²) in [5.74, 6) is -0.570. The van der Waals surface area contributed by atoms with Crippen molar-refractivity contribution in [1.82, 2.24) is 5.32 Å². The van der Waals surface area contributed by atoms with E-state index in [-0.39, 0.29) is 24.4 Å². The van der Waals surface area contributed by atoms with Gasteiger partial charge >= 0.3 is 6.18 Å². The van der Waals surface area contributed by atoms with Gasteiger partial charge in [-0.2, -0.15) is 13.2 Å². The van der Waals surface area contributed by atoms with E-state index in [1.54, 1.807) is 13.8 Å². The highest BCUT2D eigenvalue weighted by Crippen LogP contribution is 2.31. The third-order valence-corrected chi connectivity index (χ3v) is 2.95. The highest BCUT2D eigenvalue weighted by Gasteiger charge is 2.33. The van der Waals surface area contributed by atoms with Crippen molar-refractivity contribution in [2.45, 2.75) is 32.5 Å². The first-order valence-corrected chi connectivity index (χ1v) is 6.31. The Labute approximate surface area is 115 Å². The van der Waals surface area contributed by atoms with Gasteiger partial charge in [-0.25, -0.2) is 0 Å². The maximum absolute atomic E-state index is 12.7. The fourth-order valence-electron chi connectivity index (χ4n) is 1.64. The number of alkyl halides is 3. The largest absolute Gasteiger partial charge is 0.416 e.